The van der Waals surface area contributed by atoms with Crippen LogP contribution in [0.2, 0.25) is 0 Å². The lowest BCUT2D eigenvalue weighted by Gasteiger charge is -2.09. The largest absolute Gasteiger partial charge is 0.447 e. The normalized spacial score (nSPS) is 11.8. The molecule has 4 aromatic rings. The number of alkyl halides is 3. The lowest BCUT2D eigenvalue weighted by atomic mass is 10.1. The first-order valence-corrected chi connectivity index (χ1v) is 10.1. The maximum absolute atomic E-state index is 13.5. The summed E-state index contributed by atoms with van der Waals surface area (Å²) >= 11 is 0.964. The number of furan rings is 1. The average molecular weight is 482 g/mol. The van der Waals surface area contributed by atoms with Gasteiger partial charge in [-0.3, -0.25) is 18.7 Å². The van der Waals surface area contributed by atoms with E-state index in [9.17, 15) is 31.9 Å². The van der Waals surface area contributed by atoms with Gasteiger partial charge in [0.25, 0.3) is 5.56 Å². The lowest BCUT2D eigenvalue weighted by molar-refractivity contribution is -0.140. The minimum atomic E-state index is -4.86. The molecule has 0 atom stereocenters. The van der Waals surface area contributed by atoms with Crippen LogP contribution in [0.4, 0.5) is 22.7 Å². The molecule has 0 aliphatic carbocycles. The molecule has 0 radical (unpaired) electrons. The maximum atomic E-state index is 13.5. The molecular weight excluding hydrogens is 468 g/mol. The number of hydrogen-bond donors (Lipinski definition) is 1. The van der Waals surface area contributed by atoms with Crippen molar-refractivity contribution in [3.8, 4) is 11.3 Å². The molecule has 0 saturated heterocycles. The molecule has 0 spiro atoms. The Morgan fingerprint density at radius 1 is 1.21 bits per heavy atom. The van der Waals surface area contributed by atoms with Crippen molar-refractivity contribution >= 4 is 33.5 Å². The van der Waals surface area contributed by atoms with Gasteiger partial charge in [-0.15, -0.1) is 11.3 Å². The van der Waals surface area contributed by atoms with Crippen LogP contribution in [-0.2, 0) is 31.5 Å². The lowest BCUT2D eigenvalue weighted by Crippen LogP contribution is -2.36. The van der Waals surface area contributed by atoms with Gasteiger partial charge in [-0.25, -0.2) is 14.2 Å². The molecule has 13 heteroatoms. The van der Waals surface area contributed by atoms with Crippen molar-refractivity contribution in [1.82, 2.24) is 14.1 Å². The summed E-state index contributed by atoms with van der Waals surface area (Å²) in [5.74, 6) is -1.96. The molecule has 4 rings (SSSR count). The number of nitrogens with one attached hydrogen (secondary N) is 1. The predicted octanol–water partition coefficient (Wildman–Crippen LogP) is 3.29. The number of aryl methyl sites for hydroxylation is 1. The SMILES string of the molecule is Cn1c(=O)c2c(CC(=O)Nc3nc(-c4ccc(F)c(C(F)(F)F)c4)cs3)coc2n(C)c1=O. The van der Waals surface area contributed by atoms with Gasteiger partial charge in [0.1, 0.15) is 11.2 Å². The molecule has 172 valence electrons. The van der Waals surface area contributed by atoms with E-state index in [0.717, 1.165) is 26.5 Å². The number of amides is 1. The Kier molecular flexibility index (Phi) is 5.44. The van der Waals surface area contributed by atoms with E-state index in [1.807, 2.05) is 0 Å². The molecule has 1 N–H and O–H groups in total. The minimum Gasteiger partial charge on any atom is -0.447 e. The number of benzene rings is 1. The monoisotopic (exact) mass is 482 g/mol. The van der Waals surface area contributed by atoms with Crippen molar-refractivity contribution in [1.29, 1.82) is 0 Å². The Bertz CT molecular complexity index is 1510. The quantitative estimate of drug-likeness (QED) is 0.450. The van der Waals surface area contributed by atoms with Gasteiger partial charge in [0.05, 0.1) is 23.9 Å². The third kappa shape index (κ3) is 4.06. The highest BCUT2D eigenvalue weighted by molar-refractivity contribution is 7.14. The summed E-state index contributed by atoms with van der Waals surface area (Å²) < 4.78 is 59.7. The number of aromatic nitrogens is 3. The van der Waals surface area contributed by atoms with Crippen molar-refractivity contribution in [3.63, 3.8) is 0 Å². The maximum Gasteiger partial charge on any atom is 0.419 e. The molecule has 0 fully saturated rings. The standard InChI is InChI=1S/C20H14F4N4O4S/c1-27-16(30)15-10(7-32-17(15)28(2)19(27)31)6-14(29)26-18-25-13(8-33-18)9-3-4-12(21)11(5-9)20(22,23)24/h3-5,7-8H,6H2,1-2H3,(H,25,26,29). The van der Waals surface area contributed by atoms with E-state index in [4.69, 9.17) is 4.42 Å². The summed E-state index contributed by atoms with van der Waals surface area (Å²) in [5.41, 5.74) is -2.17. The van der Waals surface area contributed by atoms with Gasteiger partial charge < -0.3 is 9.73 Å². The fourth-order valence-electron chi connectivity index (χ4n) is 3.26. The van der Waals surface area contributed by atoms with Crippen molar-refractivity contribution in [2.45, 2.75) is 12.6 Å². The van der Waals surface area contributed by atoms with Crippen LogP contribution in [0.5, 0.6) is 0 Å². The summed E-state index contributed by atoms with van der Waals surface area (Å²) in [6.45, 7) is 0. The second-order valence-corrected chi connectivity index (χ2v) is 7.96. The van der Waals surface area contributed by atoms with Crippen molar-refractivity contribution in [3.05, 3.63) is 67.6 Å². The van der Waals surface area contributed by atoms with Crippen LogP contribution in [-0.4, -0.2) is 20.0 Å². The molecule has 0 aliphatic rings. The van der Waals surface area contributed by atoms with E-state index in [-0.39, 0.29) is 39.5 Å². The van der Waals surface area contributed by atoms with E-state index in [2.05, 4.69) is 10.3 Å². The Morgan fingerprint density at radius 3 is 2.64 bits per heavy atom. The Labute approximate surface area is 185 Å². The molecule has 3 heterocycles. The molecule has 0 saturated carbocycles. The highest BCUT2D eigenvalue weighted by Crippen LogP contribution is 2.35. The van der Waals surface area contributed by atoms with Gasteiger partial charge in [-0.2, -0.15) is 13.2 Å². The smallest absolute Gasteiger partial charge is 0.419 e. The van der Waals surface area contributed by atoms with Crippen molar-refractivity contribution in [2.24, 2.45) is 14.1 Å². The molecule has 0 aliphatic heterocycles. The van der Waals surface area contributed by atoms with Crippen LogP contribution in [0, 0.1) is 5.82 Å². The first kappa shape index (κ1) is 22.5. The Morgan fingerprint density at radius 2 is 1.94 bits per heavy atom. The zero-order chi connectivity index (χ0) is 24.1. The third-order valence-electron chi connectivity index (χ3n) is 4.91. The number of anilines is 1. The molecule has 1 amide bonds. The zero-order valence-electron chi connectivity index (χ0n) is 17.0. The summed E-state index contributed by atoms with van der Waals surface area (Å²) in [4.78, 5) is 41.0. The highest BCUT2D eigenvalue weighted by Gasteiger charge is 2.34. The van der Waals surface area contributed by atoms with Gasteiger partial charge in [0.15, 0.2) is 5.13 Å². The number of fused-ring (bicyclic) bond motifs is 1. The third-order valence-corrected chi connectivity index (χ3v) is 5.67. The van der Waals surface area contributed by atoms with Crippen LogP contribution < -0.4 is 16.6 Å². The molecule has 8 nitrogen and oxygen atoms in total. The van der Waals surface area contributed by atoms with Crippen LogP contribution >= 0.6 is 11.3 Å². The minimum absolute atomic E-state index is 0.0270. The second-order valence-electron chi connectivity index (χ2n) is 7.10. The summed E-state index contributed by atoms with van der Waals surface area (Å²) in [7, 11) is 2.73. The molecule has 33 heavy (non-hydrogen) atoms. The number of thiazole rings is 1. The molecule has 3 aromatic heterocycles. The van der Waals surface area contributed by atoms with Crippen molar-refractivity contribution in [2.75, 3.05) is 5.32 Å². The number of rotatable bonds is 4. The fourth-order valence-corrected chi connectivity index (χ4v) is 3.99. The van der Waals surface area contributed by atoms with Gasteiger partial charge in [-0.05, 0) is 18.2 Å². The van der Waals surface area contributed by atoms with E-state index in [0.29, 0.717) is 12.1 Å². The fraction of sp³-hybridized carbons (Fsp3) is 0.200. The number of carbonyl (C=O) groups excluding carboxylic acids is 1. The highest BCUT2D eigenvalue weighted by atomic mass is 32.1. The van der Waals surface area contributed by atoms with E-state index < -0.39 is 34.7 Å². The predicted molar refractivity (Wildman–Crippen MR) is 112 cm³/mol. The Balaban J connectivity index is 1.56. The van der Waals surface area contributed by atoms with Gasteiger partial charge in [-0.1, -0.05) is 0 Å². The first-order chi connectivity index (χ1) is 15.5. The van der Waals surface area contributed by atoms with E-state index in [1.165, 1.54) is 25.7 Å². The summed E-state index contributed by atoms with van der Waals surface area (Å²) in [5, 5.41) is 4.10. The number of carbonyl (C=O) groups is 1. The zero-order valence-corrected chi connectivity index (χ0v) is 17.8. The van der Waals surface area contributed by atoms with Crippen LogP contribution in [0.1, 0.15) is 11.1 Å². The van der Waals surface area contributed by atoms with Gasteiger partial charge in [0.2, 0.25) is 11.6 Å². The van der Waals surface area contributed by atoms with Gasteiger partial charge >= 0.3 is 11.9 Å². The molecule has 0 unspecified atom stereocenters. The van der Waals surface area contributed by atoms with E-state index >= 15 is 0 Å². The van der Waals surface area contributed by atoms with Gasteiger partial charge in [0, 0.05) is 30.6 Å². The average Bonchev–Trinajstić information content (AvgIpc) is 3.37. The van der Waals surface area contributed by atoms with Crippen LogP contribution in [0.25, 0.3) is 22.4 Å². The summed E-state index contributed by atoms with van der Waals surface area (Å²) in [6.07, 6.45) is -3.93. The molecule has 1 aromatic carbocycles. The number of nitrogens with zero attached hydrogens (tertiary/aromatic N) is 3. The molecule has 0 bridgehead atoms. The van der Waals surface area contributed by atoms with E-state index in [1.54, 1.807) is 0 Å². The number of hydrogen-bond acceptors (Lipinski definition) is 6. The second kappa shape index (κ2) is 7.99. The summed E-state index contributed by atoms with van der Waals surface area (Å²) in [6, 6.07) is 2.50. The first-order valence-electron chi connectivity index (χ1n) is 9.26. The Hall–Kier alpha value is -3.74. The molecular formula is C20H14F4N4O4S. The topological polar surface area (TPSA) is 99.1 Å². The van der Waals surface area contributed by atoms with Crippen LogP contribution in [0.15, 0.2) is 43.8 Å². The van der Waals surface area contributed by atoms with Crippen molar-refractivity contribution < 1.29 is 26.8 Å². The van der Waals surface area contributed by atoms with Crippen LogP contribution in [0.3, 0.4) is 0 Å². The number of halogens is 4.